The van der Waals surface area contributed by atoms with Gasteiger partial charge < -0.3 is 9.47 Å². The van der Waals surface area contributed by atoms with Crippen LogP contribution in [0, 0.1) is 5.82 Å². The zero-order valence-electron chi connectivity index (χ0n) is 15.6. The van der Waals surface area contributed by atoms with Crippen LogP contribution in [0.1, 0.15) is 21.5 Å². The van der Waals surface area contributed by atoms with Gasteiger partial charge in [0, 0.05) is 0 Å². The predicted octanol–water partition coefficient (Wildman–Crippen LogP) is 4.77. The maximum absolute atomic E-state index is 13.0. The third kappa shape index (κ3) is 6.10. The van der Waals surface area contributed by atoms with Gasteiger partial charge in [-0.05, 0) is 59.7 Å². The molecule has 0 saturated heterocycles. The Labute approximate surface area is 170 Å². The van der Waals surface area contributed by atoms with Gasteiger partial charge in [0.1, 0.15) is 23.9 Å². The number of halogens is 3. The van der Waals surface area contributed by atoms with Crippen molar-refractivity contribution in [3.63, 3.8) is 0 Å². The molecule has 154 valence electrons. The summed E-state index contributed by atoms with van der Waals surface area (Å²) in [5.74, 6) is -0.451. The van der Waals surface area contributed by atoms with Crippen molar-refractivity contribution in [2.24, 2.45) is 5.10 Å². The van der Waals surface area contributed by atoms with Gasteiger partial charge in [-0.15, -0.1) is 0 Å². The van der Waals surface area contributed by atoms with Crippen LogP contribution in [-0.4, -0.2) is 18.7 Å². The van der Waals surface area contributed by atoms with E-state index in [1.165, 1.54) is 42.6 Å². The molecule has 0 atom stereocenters. The molecule has 0 aliphatic heterocycles. The van der Waals surface area contributed by atoms with Crippen molar-refractivity contribution >= 4 is 12.1 Å². The van der Waals surface area contributed by atoms with Crippen molar-refractivity contribution in [3.8, 4) is 11.5 Å². The van der Waals surface area contributed by atoms with E-state index in [0.29, 0.717) is 11.3 Å². The minimum atomic E-state index is -2.89. The number of carbonyl (C=O) groups is 1. The molecule has 0 bridgehead atoms. The average Bonchev–Trinajstić information content (AvgIpc) is 2.74. The molecule has 5 nitrogen and oxygen atoms in total. The normalized spacial score (nSPS) is 10.9. The molecule has 0 saturated carbocycles. The summed E-state index contributed by atoms with van der Waals surface area (Å²) < 4.78 is 47.2. The number of para-hydroxylation sites is 1. The van der Waals surface area contributed by atoms with E-state index < -0.39 is 12.5 Å². The van der Waals surface area contributed by atoms with E-state index in [0.717, 1.165) is 5.56 Å². The van der Waals surface area contributed by atoms with Crippen LogP contribution in [0.2, 0.25) is 0 Å². The number of hydrogen-bond donors (Lipinski definition) is 1. The van der Waals surface area contributed by atoms with Gasteiger partial charge in [0.05, 0.1) is 11.8 Å². The standard InChI is InChI=1S/C22H17F3N2O3/c23-17-9-5-16(6-10-17)14-29-20-4-2-1-3-19(20)21(28)27-26-13-15-7-11-18(12-8-15)30-22(24)25/h1-13,22H,14H2,(H,27,28)/b26-13-. The molecule has 0 spiro atoms. The molecule has 30 heavy (non-hydrogen) atoms. The molecule has 0 heterocycles. The minimum absolute atomic E-state index is 0.0263. The van der Waals surface area contributed by atoms with Gasteiger partial charge in [-0.25, -0.2) is 9.82 Å². The zero-order valence-corrected chi connectivity index (χ0v) is 15.6. The summed E-state index contributed by atoms with van der Waals surface area (Å²) in [4.78, 5) is 12.4. The fraction of sp³-hybridized carbons (Fsp3) is 0.0909. The number of nitrogens with one attached hydrogen (secondary N) is 1. The molecule has 0 aliphatic carbocycles. The lowest BCUT2D eigenvalue weighted by Crippen LogP contribution is -2.18. The van der Waals surface area contributed by atoms with Gasteiger partial charge in [0.15, 0.2) is 0 Å². The quantitative estimate of drug-likeness (QED) is 0.427. The summed E-state index contributed by atoms with van der Waals surface area (Å²) in [6.07, 6.45) is 1.37. The van der Waals surface area contributed by atoms with E-state index in [1.54, 1.807) is 36.4 Å². The number of nitrogens with zero attached hydrogens (tertiary/aromatic N) is 1. The summed E-state index contributed by atoms with van der Waals surface area (Å²) in [7, 11) is 0. The maximum Gasteiger partial charge on any atom is 0.387 e. The second-order valence-electron chi connectivity index (χ2n) is 6.06. The molecule has 1 amide bonds. The van der Waals surface area contributed by atoms with Crippen molar-refractivity contribution < 1.29 is 27.4 Å². The molecule has 0 aliphatic rings. The van der Waals surface area contributed by atoms with Gasteiger partial charge in [0.25, 0.3) is 5.91 Å². The number of amides is 1. The molecule has 8 heteroatoms. The Morgan fingerprint density at radius 2 is 1.70 bits per heavy atom. The van der Waals surface area contributed by atoms with Crippen LogP contribution < -0.4 is 14.9 Å². The first-order valence-electron chi connectivity index (χ1n) is 8.86. The maximum atomic E-state index is 13.0. The van der Waals surface area contributed by atoms with Crippen molar-refractivity contribution in [2.75, 3.05) is 0 Å². The molecule has 3 aromatic rings. The molecule has 0 unspecified atom stereocenters. The SMILES string of the molecule is O=C(N/N=C\c1ccc(OC(F)F)cc1)c1ccccc1OCc1ccc(F)cc1. The number of hydrazone groups is 1. The number of ether oxygens (including phenoxy) is 2. The molecule has 3 aromatic carbocycles. The summed E-state index contributed by atoms with van der Waals surface area (Å²) >= 11 is 0. The lowest BCUT2D eigenvalue weighted by Gasteiger charge is -2.10. The Bertz CT molecular complexity index is 1010. The van der Waals surface area contributed by atoms with Crippen LogP contribution in [0.25, 0.3) is 0 Å². The predicted molar refractivity (Wildman–Crippen MR) is 105 cm³/mol. The topological polar surface area (TPSA) is 59.9 Å². The van der Waals surface area contributed by atoms with Crippen LogP contribution in [0.4, 0.5) is 13.2 Å². The third-order valence-corrected chi connectivity index (χ3v) is 3.92. The zero-order chi connectivity index (χ0) is 21.3. The summed E-state index contributed by atoms with van der Waals surface area (Å²) in [5.41, 5.74) is 4.00. The van der Waals surface area contributed by atoms with Crippen LogP contribution in [0.15, 0.2) is 77.9 Å². The molecular formula is C22H17F3N2O3. The summed E-state index contributed by atoms with van der Waals surface area (Å²) in [6, 6.07) is 18.3. The van der Waals surface area contributed by atoms with Crippen molar-refractivity contribution in [1.29, 1.82) is 0 Å². The Morgan fingerprint density at radius 3 is 2.40 bits per heavy atom. The van der Waals surface area contributed by atoms with Crippen molar-refractivity contribution in [3.05, 3.63) is 95.3 Å². The molecule has 0 radical (unpaired) electrons. The first-order valence-corrected chi connectivity index (χ1v) is 8.86. The molecule has 0 aromatic heterocycles. The first kappa shape index (κ1) is 20.9. The van der Waals surface area contributed by atoms with Crippen molar-refractivity contribution in [2.45, 2.75) is 13.2 Å². The van der Waals surface area contributed by atoms with E-state index in [2.05, 4.69) is 15.3 Å². The molecule has 3 rings (SSSR count). The Hall–Kier alpha value is -3.81. The van der Waals surface area contributed by atoms with Crippen LogP contribution in [-0.2, 0) is 6.61 Å². The van der Waals surface area contributed by atoms with Crippen molar-refractivity contribution in [1.82, 2.24) is 5.43 Å². The molecule has 0 fully saturated rings. The Morgan fingerprint density at radius 1 is 1.00 bits per heavy atom. The fourth-order valence-electron chi connectivity index (χ4n) is 2.48. The highest BCUT2D eigenvalue weighted by Crippen LogP contribution is 2.19. The average molecular weight is 414 g/mol. The third-order valence-electron chi connectivity index (χ3n) is 3.92. The van der Waals surface area contributed by atoms with Gasteiger partial charge in [0.2, 0.25) is 0 Å². The molecule has 1 N–H and O–H groups in total. The van der Waals surface area contributed by atoms with Gasteiger partial charge >= 0.3 is 6.61 Å². The summed E-state index contributed by atoms with van der Waals surface area (Å²) in [5, 5.41) is 3.87. The van der Waals surface area contributed by atoms with Crippen LogP contribution in [0.5, 0.6) is 11.5 Å². The van der Waals surface area contributed by atoms with Gasteiger partial charge in [-0.1, -0.05) is 24.3 Å². The highest BCUT2D eigenvalue weighted by atomic mass is 19.3. The number of benzene rings is 3. The van der Waals surface area contributed by atoms with E-state index in [9.17, 15) is 18.0 Å². The van der Waals surface area contributed by atoms with E-state index in [4.69, 9.17) is 4.74 Å². The fourth-order valence-corrected chi connectivity index (χ4v) is 2.48. The second kappa shape index (κ2) is 10.1. The summed E-state index contributed by atoms with van der Waals surface area (Å²) in [6.45, 7) is -2.73. The molecular weight excluding hydrogens is 397 g/mol. The Balaban J connectivity index is 1.60. The number of alkyl halides is 2. The lowest BCUT2D eigenvalue weighted by molar-refractivity contribution is -0.0498. The first-order chi connectivity index (χ1) is 14.5. The number of carbonyl (C=O) groups excluding carboxylic acids is 1. The second-order valence-corrected chi connectivity index (χ2v) is 6.06. The van der Waals surface area contributed by atoms with Crippen LogP contribution in [0.3, 0.4) is 0 Å². The number of rotatable bonds is 8. The van der Waals surface area contributed by atoms with Crippen LogP contribution >= 0.6 is 0 Å². The van der Waals surface area contributed by atoms with Gasteiger partial charge in [-0.2, -0.15) is 13.9 Å². The monoisotopic (exact) mass is 414 g/mol. The van der Waals surface area contributed by atoms with E-state index in [-0.39, 0.29) is 23.7 Å². The minimum Gasteiger partial charge on any atom is -0.488 e. The lowest BCUT2D eigenvalue weighted by atomic mass is 10.2. The largest absolute Gasteiger partial charge is 0.488 e. The highest BCUT2D eigenvalue weighted by molar-refractivity contribution is 5.97. The smallest absolute Gasteiger partial charge is 0.387 e. The number of hydrogen-bond acceptors (Lipinski definition) is 4. The Kier molecular flexibility index (Phi) is 7.05. The highest BCUT2D eigenvalue weighted by Gasteiger charge is 2.11. The van der Waals surface area contributed by atoms with E-state index >= 15 is 0 Å². The van der Waals surface area contributed by atoms with Gasteiger partial charge in [-0.3, -0.25) is 4.79 Å². The van der Waals surface area contributed by atoms with E-state index in [1.807, 2.05) is 0 Å².